The van der Waals surface area contributed by atoms with Gasteiger partial charge in [0.1, 0.15) is 5.75 Å². The SMILES string of the molecule is CCCCCC(NCCC)c1ccc(OC(F)F)cc1. The monoisotopic (exact) mass is 285 g/mol. The number of ether oxygens (including phenoxy) is 1. The van der Waals surface area contributed by atoms with Gasteiger partial charge in [-0.05, 0) is 37.1 Å². The minimum atomic E-state index is -2.76. The smallest absolute Gasteiger partial charge is 0.387 e. The molecule has 1 aromatic rings. The van der Waals surface area contributed by atoms with Crippen LogP contribution in [-0.4, -0.2) is 13.2 Å². The van der Waals surface area contributed by atoms with E-state index in [9.17, 15) is 8.78 Å². The highest BCUT2D eigenvalue weighted by Gasteiger charge is 2.11. The molecule has 114 valence electrons. The molecule has 20 heavy (non-hydrogen) atoms. The molecule has 0 amide bonds. The molecule has 1 atom stereocenters. The van der Waals surface area contributed by atoms with Crippen LogP contribution in [0.3, 0.4) is 0 Å². The largest absolute Gasteiger partial charge is 0.435 e. The third-order valence-corrected chi connectivity index (χ3v) is 3.24. The second-order valence-corrected chi connectivity index (χ2v) is 4.95. The number of hydrogen-bond donors (Lipinski definition) is 1. The Balaban J connectivity index is 2.63. The standard InChI is InChI=1S/C16H25F2NO/c1-3-5-6-7-15(19-12-4-2)13-8-10-14(11-9-13)20-16(17)18/h8-11,15-16,19H,3-7,12H2,1-2H3. The van der Waals surface area contributed by atoms with Gasteiger partial charge >= 0.3 is 6.61 Å². The molecule has 4 heteroatoms. The molecule has 0 saturated heterocycles. The van der Waals surface area contributed by atoms with Gasteiger partial charge in [-0.2, -0.15) is 8.78 Å². The highest BCUT2D eigenvalue weighted by atomic mass is 19.3. The average molecular weight is 285 g/mol. The second kappa shape index (κ2) is 9.70. The van der Waals surface area contributed by atoms with Crippen LogP contribution in [0.4, 0.5) is 8.78 Å². The van der Waals surface area contributed by atoms with Crippen molar-refractivity contribution in [3.05, 3.63) is 29.8 Å². The van der Waals surface area contributed by atoms with Gasteiger partial charge in [0.05, 0.1) is 0 Å². The van der Waals surface area contributed by atoms with E-state index in [0.717, 1.165) is 24.9 Å². The van der Waals surface area contributed by atoms with E-state index in [0.29, 0.717) is 6.04 Å². The van der Waals surface area contributed by atoms with Crippen molar-refractivity contribution >= 4 is 0 Å². The van der Waals surface area contributed by atoms with Gasteiger partial charge in [-0.25, -0.2) is 0 Å². The van der Waals surface area contributed by atoms with Gasteiger partial charge in [0.15, 0.2) is 0 Å². The number of halogens is 2. The average Bonchev–Trinajstić information content (AvgIpc) is 2.43. The summed E-state index contributed by atoms with van der Waals surface area (Å²) < 4.78 is 28.6. The number of unbranched alkanes of at least 4 members (excludes halogenated alkanes) is 2. The lowest BCUT2D eigenvalue weighted by atomic mass is 10.00. The summed E-state index contributed by atoms with van der Waals surface area (Å²) in [6, 6.07) is 7.26. The maximum Gasteiger partial charge on any atom is 0.387 e. The molecule has 2 nitrogen and oxygen atoms in total. The molecule has 0 saturated carbocycles. The minimum Gasteiger partial charge on any atom is -0.435 e. The molecule has 1 unspecified atom stereocenters. The lowest BCUT2D eigenvalue weighted by molar-refractivity contribution is -0.0498. The maximum absolute atomic E-state index is 12.1. The summed E-state index contributed by atoms with van der Waals surface area (Å²) in [4.78, 5) is 0. The Kier molecular flexibility index (Phi) is 8.19. The summed E-state index contributed by atoms with van der Waals surface area (Å²) >= 11 is 0. The number of alkyl halides is 2. The van der Waals surface area contributed by atoms with Crippen LogP contribution in [0.2, 0.25) is 0 Å². The number of rotatable bonds is 10. The zero-order valence-electron chi connectivity index (χ0n) is 12.4. The van der Waals surface area contributed by atoms with Crippen LogP contribution in [0.1, 0.15) is 57.6 Å². The van der Waals surface area contributed by atoms with Crippen molar-refractivity contribution in [1.29, 1.82) is 0 Å². The van der Waals surface area contributed by atoms with Crippen molar-refractivity contribution in [2.24, 2.45) is 0 Å². The topological polar surface area (TPSA) is 21.3 Å². The van der Waals surface area contributed by atoms with Crippen LogP contribution < -0.4 is 10.1 Å². The van der Waals surface area contributed by atoms with E-state index in [-0.39, 0.29) is 5.75 Å². The first-order valence-corrected chi connectivity index (χ1v) is 7.45. The zero-order chi connectivity index (χ0) is 14.8. The van der Waals surface area contributed by atoms with Crippen LogP contribution in [0.25, 0.3) is 0 Å². The first-order valence-electron chi connectivity index (χ1n) is 7.45. The molecule has 1 aromatic carbocycles. The summed E-state index contributed by atoms with van der Waals surface area (Å²) in [6.45, 7) is 2.52. The fraction of sp³-hybridized carbons (Fsp3) is 0.625. The Bertz CT molecular complexity index is 354. The molecule has 0 aromatic heterocycles. The summed E-state index contributed by atoms with van der Waals surface area (Å²) in [5, 5.41) is 3.52. The predicted octanol–water partition coefficient (Wildman–Crippen LogP) is 4.91. The van der Waals surface area contributed by atoms with Gasteiger partial charge < -0.3 is 10.1 Å². The van der Waals surface area contributed by atoms with Gasteiger partial charge in [-0.1, -0.05) is 45.2 Å². The number of benzene rings is 1. The van der Waals surface area contributed by atoms with E-state index in [1.165, 1.54) is 19.3 Å². The van der Waals surface area contributed by atoms with Crippen LogP contribution in [0.5, 0.6) is 5.75 Å². The second-order valence-electron chi connectivity index (χ2n) is 4.95. The normalized spacial score (nSPS) is 12.7. The highest BCUT2D eigenvalue weighted by Crippen LogP contribution is 2.23. The Morgan fingerprint density at radius 1 is 1.05 bits per heavy atom. The molecule has 0 aliphatic carbocycles. The van der Waals surface area contributed by atoms with Crippen molar-refractivity contribution in [2.75, 3.05) is 6.54 Å². The zero-order valence-corrected chi connectivity index (χ0v) is 12.4. The maximum atomic E-state index is 12.1. The molecule has 0 aliphatic heterocycles. The molecule has 0 spiro atoms. The first kappa shape index (κ1) is 16.9. The molecule has 0 heterocycles. The van der Waals surface area contributed by atoms with Crippen LogP contribution in [-0.2, 0) is 0 Å². The van der Waals surface area contributed by atoms with Crippen molar-refractivity contribution in [2.45, 2.75) is 58.6 Å². The first-order chi connectivity index (χ1) is 9.67. The van der Waals surface area contributed by atoms with Crippen molar-refractivity contribution in [3.63, 3.8) is 0 Å². The fourth-order valence-corrected chi connectivity index (χ4v) is 2.19. The summed E-state index contributed by atoms with van der Waals surface area (Å²) in [6.07, 6.45) is 5.74. The van der Waals surface area contributed by atoms with Gasteiger partial charge in [-0.3, -0.25) is 0 Å². The highest BCUT2D eigenvalue weighted by molar-refractivity contribution is 5.29. The van der Waals surface area contributed by atoms with E-state index in [2.05, 4.69) is 23.9 Å². The van der Waals surface area contributed by atoms with Crippen molar-refractivity contribution < 1.29 is 13.5 Å². The Morgan fingerprint density at radius 3 is 2.30 bits per heavy atom. The van der Waals surface area contributed by atoms with Gasteiger partial charge in [0, 0.05) is 6.04 Å². The van der Waals surface area contributed by atoms with Crippen LogP contribution in [0, 0.1) is 0 Å². The Morgan fingerprint density at radius 2 is 1.75 bits per heavy atom. The molecule has 0 bridgehead atoms. The molecule has 0 fully saturated rings. The number of hydrogen-bond acceptors (Lipinski definition) is 2. The van der Waals surface area contributed by atoms with Crippen molar-refractivity contribution in [3.8, 4) is 5.75 Å². The third-order valence-electron chi connectivity index (χ3n) is 3.24. The van der Waals surface area contributed by atoms with E-state index < -0.39 is 6.61 Å². The van der Waals surface area contributed by atoms with Crippen LogP contribution in [0.15, 0.2) is 24.3 Å². The van der Waals surface area contributed by atoms with Gasteiger partial charge in [0.25, 0.3) is 0 Å². The molecule has 0 radical (unpaired) electrons. The fourth-order valence-electron chi connectivity index (χ4n) is 2.19. The summed E-state index contributed by atoms with van der Waals surface area (Å²) in [5.74, 6) is 0.214. The third kappa shape index (κ3) is 6.33. The molecule has 1 rings (SSSR count). The van der Waals surface area contributed by atoms with E-state index in [1.807, 2.05) is 12.1 Å². The summed E-state index contributed by atoms with van der Waals surface area (Å²) in [7, 11) is 0. The van der Waals surface area contributed by atoms with Gasteiger partial charge in [0.2, 0.25) is 0 Å². The van der Waals surface area contributed by atoms with E-state index in [1.54, 1.807) is 12.1 Å². The minimum absolute atomic E-state index is 0.214. The molecule has 0 aliphatic rings. The predicted molar refractivity (Wildman–Crippen MR) is 78.3 cm³/mol. The Hall–Kier alpha value is -1.16. The summed E-state index contributed by atoms with van der Waals surface area (Å²) in [5.41, 5.74) is 1.14. The Labute approximate surface area is 120 Å². The number of nitrogens with one attached hydrogen (secondary N) is 1. The lowest BCUT2D eigenvalue weighted by Gasteiger charge is -2.19. The van der Waals surface area contributed by atoms with Crippen LogP contribution >= 0.6 is 0 Å². The van der Waals surface area contributed by atoms with E-state index in [4.69, 9.17) is 0 Å². The van der Waals surface area contributed by atoms with Gasteiger partial charge in [-0.15, -0.1) is 0 Å². The molecular weight excluding hydrogens is 260 g/mol. The van der Waals surface area contributed by atoms with E-state index >= 15 is 0 Å². The molecule has 1 N–H and O–H groups in total. The lowest BCUT2D eigenvalue weighted by Crippen LogP contribution is -2.22. The molecular formula is C16H25F2NO. The van der Waals surface area contributed by atoms with Crippen molar-refractivity contribution in [1.82, 2.24) is 5.32 Å². The quantitative estimate of drug-likeness (QED) is 0.617.